The molecular formula is C15H20BrN3OS2. The Hall–Kier alpha value is -0.890. The maximum absolute atomic E-state index is 12.2. The van der Waals surface area contributed by atoms with Crippen molar-refractivity contribution >= 4 is 44.6 Å². The van der Waals surface area contributed by atoms with Crippen molar-refractivity contribution in [3.63, 3.8) is 0 Å². The molecule has 0 aliphatic heterocycles. The van der Waals surface area contributed by atoms with Crippen LogP contribution < -0.4 is 5.32 Å². The van der Waals surface area contributed by atoms with Crippen molar-refractivity contribution in [2.45, 2.75) is 12.6 Å². The Balaban J connectivity index is 1.88. The van der Waals surface area contributed by atoms with E-state index in [0.29, 0.717) is 13.1 Å². The number of likely N-dealkylation sites (N-methyl/N-ethyl adjacent to an activating group) is 1. The molecule has 7 heteroatoms. The zero-order chi connectivity index (χ0) is 16.1. The lowest BCUT2D eigenvalue weighted by molar-refractivity contribution is 0.201. The predicted octanol–water partition coefficient (Wildman–Crippen LogP) is 4.02. The van der Waals surface area contributed by atoms with Gasteiger partial charge in [0.05, 0.1) is 16.4 Å². The Morgan fingerprint density at radius 3 is 2.64 bits per heavy atom. The van der Waals surface area contributed by atoms with Crippen molar-refractivity contribution in [1.29, 1.82) is 0 Å². The van der Waals surface area contributed by atoms with E-state index in [1.54, 1.807) is 27.6 Å². The van der Waals surface area contributed by atoms with Gasteiger partial charge in [-0.25, -0.2) is 4.79 Å². The zero-order valence-corrected chi connectivity index (χ0v) is 16.1. The lowest BCUT2D eigenvalue weighted by Crippen LogP contribution is -2.40. The second kappa shape index (κ2) is 8.10. The van der Waals surface area contributed by atoms with E-state index in [1.807, 2.05) is 39.3 Å². The van der Waals surface area contributed by atoms with Crippen LogP contribution in [-0.4, -0.2) is 43.5 Å². The Bertz CT molecular complexity index is 598. The third-order valence-electron chi connectivity index (χ3n) is 3.31. The van der Waals surface area contributed by atoms with E-state index in [9.17, 15) is 4.79 Å². The van der Waals surface area contributed by atoms with Crippen LogP contribution in [0.5, 0.6) is 0 Å². The molecule has 0 spiro atoms. The van der Waals surface area contributed by atoms with E-state index in [-0.39, 0.29) is 12.1 Å². The van der Waals surface area contributed by atoms with Crippen molar-refractivity contribution in [2.75, 3.05) is 27.7 Å². The van der Waals surface area contributed by atoms with Crippen molar-refractivity contribution in [3.05, 3.63) is 43.2 Å². The van der Waals surface area contributed by atoms with Gasteiger partial charge in [0.2, 0.25) is 0 Å². The quantitative estimate of drug-likeness (QED) is 0.793. The normalized spacial score (nSPS) is 12.4. The SMILES string of the molecule is CN(Cc1ccc(Br)s1)C(=O)NCC(c1cccs1)N(C)C. The third kappa shape index (κ3) is 4.81. The third-order valence-corrected chi connectivity index (χ3v) is 5.89. The van der Waals surface area contributed by atoms with Gasteiger partial charge >= 0.3 is 6.03 Å². The van der Waals surface area contributed by atoms with Gasteiger partial charge < -0.3 is 15.1 Å². The molecule has 1 atom stereocenters. The van der Waals surface area contributed by atoms with Crippen LogP contribution in [0.3, 0.4) is 0 Å². The lowest BCUT2D eigenvalue weighted by Gasteiger charge is -2.25. The van der Waals surface area contributed by atoms with Gasteiger partial charge in [-0.1, -0.05) is 6.07 Å². The summed E-state index contributed by atoms with van der Waals surface area (Å²) in [5.74, 6) is 0. The van der Waals surface area contributed by atoms with E-state index in [4.69, 9.17) is 0 Å². The number of amides is 2. The van der Waals surface area contributed by atoms with Crippen LogP contribution >= 0.6 is 38.6 Å². The minimum Gasteiger partial charge on any atom is -0.336 e. The number of nitrogens with zero attached hydrogens (tertiary/aromatic N) is 2. The molecule has 0 fully saturated rings. The van der Waals surface area contributed by atoms with Crippen LogP contribution in [0.15, 0.2) is 33.4 Å². The Morgan fingerprint density at radius 1 is 1.32 bits per heavy atom. The van der Waals surface area contributed by atoms with Crippen LogP contribution in [0.4, 0.5) is 4.79 Å². The molecule has 0 saturated carbocycles. The average Bonchev–Trinajstić information content (AvgIpc) is 3.10. The molecule has 0 radical (unpaired) electrons. The van der Waals surface area contributed by atoms with Gasteiger partial charge in [0.1, 0.15) is 0 Å². The van der Waals surface area contributed by atoms with Gasteiger partial charge in [-0.2, -0.15) is 0 Å². The molecule has 2 amide bonds. The van der Waals surface area contributed by atoms with Gasteiger partial charge in [-0.15, -0.1) is 22.7 Å². The Kier molecular flexibility index (Phi) is 6.43. The van der Waals surface area contributed by atoms with Crippen molar-refractivity contribution in [2.24, 2.45) is 0 Å². The van der Waals surface area contributed by atoms with Crippen LogP contribution in [0, 0.1) is 0 Å². The number of nitrogens with one attached hydrogen (secondary N) is 1. The first-order valence-electron chi connectivity index (χ1n) is 6.90. The van der Waals surface area contributed by atoms with Gasteiger partial charge in [-0.3, -0.25) is 0 Å². The Labute approximate surface area is 147 Å². The number of urea groups is 1. The van der Waals surface area contributed by atoms with E-state index >= 15 is 0 Å². The number of carbonyl (C=O) groups is 1. The van der Waals surface area contributed by atoms with Crippen LogP contribution in [-0.2, 0) is 6.54 Å². The largest absolute Gasteiger partial charge is 0.336 e. The summed E-state index contributed by atoms with van der Waals surface area (Å²) in [5, 5.41) is 5.09. The molecule has 0 aliphatic carbocycles. The van der Waals surface area contributed by atoms with Crippen molar-refractivity contribution in [1.82, 2.24) is 15.1 Å². The summed E-state index contributed by atoms with van der Waals surface area (Å²) >= 11 is 6.81. The first-order chi connectivity index (χ1) is 10.5. The molecule has 0 aromatic carbocycles. The number of hydrogen-bond acceptors (Lipinski definition) is 4. The molecule has 120 valence electrons. The summed E-state index contributed by atoms with van der Waals surface area (Å²) in [6.07, 6.45) is 0. The minimum absolute atomic E-state index is 0.0482. The van der Waals surface area contributed by atoms with Crippen LogP contribution in [0.25, 0.3) is 0 Å². The molecule has 0 aliphatic rings. The highest BCUT2D eigenvalue weighted by Crippen LogP contribution is 2.24. The van der Waals surface area contributed by atoms with Gasteiger partial charge in [0.15, 0.2) is 0 Å². The fourth-order valence-corrected chi connectivity index (χ4v) is 4.54. The van der Waals surface area contributed by atoms with Crippen molar-refractivity contribution in [3.8, 4) is 0 Å². The maximum Gasteiger partial charge on any atom is 0.317 e. The summed E-state index contributed by atoms with van der Waals surface area (Å²) < 4.78 is 1.08. The fourth-order valence-electron chi connectivity index (χ4n) is 2.08. The molecular weight excluding hydrogens is 382 g/mol. The second-order valence-corrected chi connectivity index (χ2v) is 8.77. The van der Waals surface area contributed by atoms with E-state index < -0.39 is 0 Å². The van der Waals surface area contributed by atoms with Gasteiger partial charge in [0.25, 0.3) is 0 Å². The molecule has 2 rings (SSSR count). The minimum atomic E-state index is -0.0482. The summed E-state index contributed by atoms with van der Waals surface area (Å²) in [7, 11) is 5.88. The number of thiophene rings is 2. The molecule has 0 saturated heterocycles. The standard InChI is InChI=1S/C15H20BrN3OS2/c1-18(2)12(13-5-4-8-21-13)9-17-15(20)19(3)10-11-6-7-14(16)22-11/h4-8,12H,9-10H2,1-3H3,(H,17,20). The molecule has 2 aromatic heterocycles. The second-order valence-electron chi connectivity index (χ2n) is 5.24. The lowest BCUT2D eigenvalue weighted by atomic mass is 10.2. The molecule has 1 N–H and O–H groups in total. The van der Waals surface area contributed by atoms with Gasteiger partial charge in [-0.05, 0) is 53.6 Å². The number of rotatable bonds is 6. The molecule has 2 heterocycles. The van der Waals surface area contributed by atoms with Gasteiger partial charge in [0, 0.05) is 23.3 Å². The monoisotopic (exact) mass is 401 g/mol. The van der Waals surface area contributed by atoms with E-state index in [1.165, 1.54) is 4.88 Å². The number of hydrogen-bond donors (Lipinski definition) is 1. The fraction of sp³-hybridized carbons (Fsp3) is 0.400. The van der Waals surface area contributed by atoms with Crippen LogP contribution in [0.1, 0.15) is 15.8 Å². The maximum atomic E-state index is 12.2. The first kappa shape index (κ1) is 17.5. The summed E-state index contributed by atoms with van der Waals surface area (Å²) in [4.78, 5) is 18.5. The molecule has 22 heavy (non-hydrogen) atoms. The number of carbonyl (C=O) groups excluding carboxylic acids is 1. The van der Waals surface area contributed by atoms with E-state index in [2.05, 4.69) is 37.6 Å². The van der Waals surface area contributed by atoms with Crippen LogP contribution in [0.2, 0.25) is 0 Å². The highest BCUT2D eigenvalue weighted by atomic mass is 79.9. The smallest absolute Gasteiger partial charge is 0.317 e. The predicted molar refractivity (Wildman–Crippen MR) is 97.6 cm³/mol. The summed E-state index contributed by atoms with van der Waals surface area (Å²) in [5.41, 5.74) is 0. The molecule has 1 unspecified atom stereocenters. The average molecular weight is 402 g/mol. The zero-order valence-electron chi connectivity index (χ0n) is 12.9. The van der Waals surface area contributed by atoms with E-state index in [0.717, 1.165) is 8.66 Å². The molecule has 2 aromatic rings. The summed E-state index contributed by atoms with van der Waals surface area (Å²) in [6, 6.07) is 8.34. The summed E-state index contributed by atoms with van der Waals surface area (Å²) in [6.45, 7) is 1.22. The highest BCUT2D eigenvalue weighted by molar-refractivity contribution is 9.11. The molecule has 0 bridgehead atoms. The number of halogens is 1. The molecule has 4 nitrogen and oxygen atoms in total. The Morgan fingerprint density at radius 2 is 2.09 bits per heavy atom. The topological polar surface area (TPSA) is 35.6 Å². The van der Waals surface area contributed by atoms with Crippen molar-refractivity contribution < 1.29 is 4.79 Å². The first-order valence-corrected chi connectivity index (χ1v) is 9.39. The highest BCUT2D eigenvalue weighted by Gasteiger charge is 2.17.